The molecular formula is C15H24O2. The van der Waals surface area contributed by atoms with Crippen LogP contribution in [0.1, 0.15) is 45.1 Å². The average Bonchev–Trinajstić information content (AvgIpc) is 2.30. The zero-order chi connectivity index (χ0) is 12.5. The normalized spacial score (nSPS) is 10.8. The molecule has 0 aliphatic heterocycles. The molecule has 0 bridgehead atoms. The van der Waals surface area contributed by atoms with Crippen LogP contribution in [0, 0.1) is 0 Å². The Balaban J connectivity index is 2.25. The lowest BCUT2D eigenvalue weighted by atomic mass is 10.1. The molecule has 1 rings (SSSR count). The first kappa shape index (κ1) is 14.0. The van der Waals surface area contributed by atoms with Gasteiger partial charge in [0.1, 0.15) is 5.75 Å². The summed E-state index contributed by atoms with van der Waals surface area (Å²) < 4.78 is 5.60. The van der Waals surface area contributed by atoms with Gasteiger partial charge >= 0.3 is 0 Å². The summed E-state index contributed by atoms with van der Waals surface area (Å²) in [5.41, 5.74) is 1.37. The van der Waals surface area contributed by atoms with Gasteiger partial charge in [-0.2, -0.15) is 0 Å². The van der Waals surface area contributed by atoms with Crippen LogP contribution in [0.2, 0.25) is 0 Å². The van der Waals surface area contributed by atoms with E-state index in [-0.39, 0.29) is 6.10 Å². The summed E-state index contributed by atoms with van der Waals surface area (Å²) in [6, 6.07) is 8.37. The first-order valence-electron chi connectivity index (χ1n) is 6.59. The molecule has 0 fully saturated rings. The molecule has 0 heterocycles. The third-order valence-corrected chi connectivity index (χ3v) is 2.67. The van der Waals surface area contributed by atoms with Gasteiger partial charge in [0.2, 0.25) is 0 Å². The van der Waals surface area contributed by atoms with E-state index in [0.29, 0.717) is 6.61 Å². The van der Waals surface area contributed by atoms with Gasteiger partial charge in [-0.1, -0.05) is 25.0 Å². The standard InChI is InChI=1S/C15H24O2/c1-13(2)17-15-10-8-14(9-11-15)7-5-3-4-6-12-16/h8-11,13,16H,3-7,12H2,1-2H3. The van der Waals surface area contributed by atoms with Crippen LogP contribution in [-0.2, 0) is 6.42 Å². The Labute approximate surface area is 105 Å². The summed E-state index contributed by atoms with van der Waals surface area (Å²) >= 11 is 0. The molecular weight excluding hydrogens is 212 g/mol. The Morgan fingerprint density at radius 1 is 1.00 bits per heavy atom. The number of unbranched alkanes of at least 4 members (excludes halogenated alkanes) is 3. The number of aliphatic hydroxyl groups excluding tert-OH is 1. The third kappa shape index (κ3) is 6.32. The van der Waals surface area contributed by atoms with Gasteiger partial charge in [0.05, 0.1) is 6.10 Å². The minimum Gasteiger partial charge on any atom is -0.491 e. The van der Waals surface area contributed by atoms with Crippen molar-refractivity contribution in [3.63, 3.8) is 0 Å². The largest absolute Gasteiger partial charge is 0.491 e. The molecule has 2 heteroatoms. The van der Waals surface area contributed by atoms with Crippen molar-refractivity contribution in [1.82, 2.24) is 0 Å². The number of rotatable bonds is 8. The Morgan fingerprint density at radius 3 is 2.24 bits per heavy atom. The highest BCUT2D eigenvalue weighted by Gasteiger charge is 1.98. The van der Waals surface area contributed by atoms with Crippen LogP contribution >= 0.6 is 0 Å². The summed E-state index contributed by atoms with van der Waals surface area (Å²) in [6.07, 6.45) is 5.81. The quantitative estimate of drug-likeness (QED) is 0.699. The van der Waals surface area contributed by atoms with Gasteiger partial charge in [-0.05, 0) is 50.8 Å². The maximum atomic E-state index is 8.67. The number of hydrogen-bond acceptors (Lipinski definition) is 2. The maximum absolute atomic E-state index is 8.67. The number of aliphatic hydroxyl groups is 1. The monoisotopic (exact) mass is 236 g/mol. The van der Waals surface area contributed by atoms with Gasteiger partial charge in [0.15, 0.2) is 0 Å². The number of benzene rings is 1. The second-order valence-electron chi connectivity index (χ2n) is 4.70. The molecule has 0 spiro atoms. The molecule has 96 valence electrons. The summed E-state index contributed by atoms with van der Waals surface area (Å²) in [7, 11) is 0. The second kappa shape index (κ2) is 8.13. The molecule has 0 atom stereocenters. The Hall–Kier alpha value is -1.02. The van der Waals surface area contributed by atoms with E-state index in [1.54, 1.807) is 0 Å². The van der Waals surface area contributed by atoms with E-state index in [1.807, 2.05) is 26.0 Å². The number of aryl methyl sites for hydroxylation is 1. The van der Waals surface area contributed by atoms with Crippen molar-refractivity contribution in [3.05, 3.63) is 29.8 Å². The molecule has 1 N–H and O–H groups in total. The lowest BCUT2D eigenvalue weighted by molar-refractivity contribution is 0.242. The van der Waals surface area contributed by atoms with Crippen molar-refractivity contribution in [3.8, 4) is 5.75 Å². The molecule has 0 saturated heterocycles. The molecule has 0 aliphatic rings. The SMILES string of the molecule is CC(C)Oc1ccc(CCCCCCO)cc1. The molecule has 2 nitrogen and oxygen atoms in total. The second-order valence-corrected chi connectivity index (χ2v) is 4.70. The average molecular weight is 236 g/mol. The van der Waals surface area contributed by atoms with Crippen LogP contribution in [0.15, 0.2) is 24.3 Å². The number of ether oxygens (including phenoxy) is 1. The van der Waals surface area contributed by atoms with E-state index in [4.69, 9.17) is 9.84 Å². The Morgan fingerprint density at radius 2 is 1.65 bits per heavy atom. The van der Waals surface area contributed by atoms with Gasteiger partial charge in [-0.15, -0.1) is 0 Å². The molecule has 0 saturated carbocycles. The molecule has 1 aromatic carbocycles. The van der Waals surface area contributed by atoms with Crippen molar-refractivity contribution in [2.75, 3.05) is 6.61 Å². The van der Waals surface area contributed by atoms with Gasteiger partial charge in [-0.25, -0.2) is 0 Å². The summed E-state index contributed by atoms with van der Waals surface area (Å²) in [4.78, 5) is 0. The fraction of sp³-hybridized carbons (Fsp3) is 0.600. The Bertz CT molecular complexity index is 290. The van der Waals surface area contributed by atoms with Crippen LogP contribution in [0.25, 0.3) is 0 Å². The Kier molecular flexibility index (Phi) is 6.71. The zero-order valence-corrected chi connectivity index (χ0v) is 11.0. The van der Waals surface area contributed by atoms with Crippen molar-refractivity contribution in [1.29, 1.82) is 0 Å². The van der Waals surface area contributed by atoms with Gasteiger partial charge in [-0.3, -0.25) is 0 Å². The fourth-order valence-corrected chi connectivity index (χ4v) is 1.80. The summed E-state index contributed by atoms with van der Waals surface area (Å²) in [6.45, 7) is 4.39. The minimum atomic E-state index is 0.235. The van der Waals surface area contributed by atoms with Crippen LogP contribution in [0.3, 0.4) is 0 Å². The number of hydrogen-bond donors (Lipinski definition) is 1. The smallest absolute Gasteiger partial charge is 0.119 e. The molecule has 0 unspecified atom stereocenters. The van der Waals surface area contributed by atoms with E-state index < -0.39 is 0 Å². The van der Waals surface area contributed by atoms with Crippen molar-refractivity contribution in [2.24, 2.45) is 0 Å². The van der Waals surface area contributed by atoms with Gasteiger partial charge in [0.25, 0.3) is 0 Å². The van der Waals surface area contributed by atoms with Gasteiger partial charge in [0, 0.05) is 6.61 Å². The van der Waals surface area contributed by atoms with Crippen LogP contribution < -0.4 is 4.74 Å². The van der Waals surface area contributed by atoms with Crippen LogP contribution in [0.4, 0.5) is 0 Å². The summed E-state index contributed by atoms with van der Waals surface area (Å²) in [5, 5.41) is 8.67. The van der Waals surface area contributed by atoms with E-state index in [9.17, 15) is 0 Å². The van der Waals surface area contributed by atoms with Gasteiger partial charge < -0.3 is 9.84 Å². The molecule has 0 amide bonds. The third-order valence-electron chi connectivity index (χ3n) is 2.67. The molecule has 17 heavy (non-hydrogen) atoms. The zero-order valence-electron chi connectivity index (χ0n) is 11.0. The molecule has 0 aliphatic carbocycles. The lowest BCUT2D eigenvalue weighted by Gasteiger charge is -2.10. The van der Waals surface area contributed by atoms with E-state index in [1.165, 1.54) is 18.4 Å². The highest BCUT2D eigenvalue weighted by Crippen LogP contribution is 2.15. The maximum Gasteiger partial charge on any atom is 0.119 e. The van der Waals surface area contributed by atoms with Crippen LogP contribution in [-0.4, -0.2) is 17.8 Å². The highest BCUT2D eigenvalue weighted by atomic mass is 16.5. The minimum absolute atomic E-state index is 0.235. The first-order chi connectivity index (χ1) is 8.22. The van der Waals surface area contributed by atoms with Crippen molar-refractivity contribution in [2.45, 2.75) is 52.1 Å². The van der Waals surface area contributed by atoms with Crippen molar-refractivity contribution < 1.29 is 9.84 Å². The lowest BCUT2D eigenvalue weighted by Crippen LogP contribution is -2.05. The molecule has 1 aromatic rings. The van der Waals surface area contributed by atoms with Crippen molar-refractivity contribution >= 4 is 0 Å². The summed E-state index contributed by atoms with van der Waals surface area (Å²) in [5.74, 6) is 0.948. The predicted molar refractivity (Wildman–Crippen MR) is 71.5 cm³/mol. The molecule has 0 radical (unpaired) electrons. The van der Waals surface area contributed by atoms with E-state index >= 15 is 0 Å². The first-order valence-corrected chi connectivity index (χ1v) is 6.59. The fourth-order valence-electron chi connectivity index (χ4n) is 1.80. The highest BCUT2D eigenvalue weighted by molar-refractivity contribution is 5.27. The molecule has 0 aromatic heterocycles. The predicted octanol–water partition coefficient (Wildman–Crippen LogP) is 3.57. The topological polar surface area (TPSA) is 29.5 Å². The van der Waals surface area contributed by atoms with Crippen LogP contribution in [0.5, 0.6) is 5.75 Å². The van der Waals surface area contributed by atoms with E-state index in [0.717, 1.165) is 25.0 Å². The van der Waals surface area contributed by atoms with E-state index in [2.05, 4.69) is 12.1 Å².